The summed E-state index contributed by atoms with van der Waals surface area (Å²) in [5.74, 6) is -0.560. The van der Waals surface area contributed by atoms with E-state index in [0.717, 1.165) is 4.88 Å². The zero-order valence-electron chi connectivity index (χ0n) is 11.7. The second-order valence-electron chi connectivity index (χ2n) is 5.16. The Balaban J connectivity index is 2.71. The van der Waals surface area contributed by atoms with Crippen LogP contribution in [-0.2, 0) is 4.79 Å². The maximum absolute atomic E-state index is 11.3. The molecule has 1 aromatic heterocycles. The van der Waals surface area contributed by atoms with Gasteiger partial charge in [-0.1, -0.05) is 26.8 Å². The van der Waals surface area contributed by atoms with Gasteiger partial charge in [-0.2, -0.15) is 0 Å². The number of carboxylic acid groups (broad SMARTS) is 1. The molecule has 3 atom stereocenters. The van der Waals surface area contributed by atoms with E-state index in [1.165, 1.54) is 11.3 Å². The van der Waals surface area contributed by atoms with E-state index in [2.05, 4.69) is 5.32 Å². The Morgan fingerprint density at radius 1 is 1.47 bits per heavy atom. The molecule has 108 valence electrons. The van der Waals surface area contributed by atoms with E-state index in [1.54, 1.807) is 0 Å². The van der Waals surface area contributed by atoms with E-state index in [9.17, 15) is 15.0 Å². The summed E-state index contributed by atoms with van der Waals surface area (Å²) in [6.07, 6.45) is 0.586. The minimum absolute atomic E-state index is 0.238. The summed E-state index contributed by atoms with van der Waals surface area (Å²) in [5, 5.41) is 24.5. The Morgan fingerprint density at radius 2 is 2.16 bits per heavy atom. The third-order valence-corrected chi connectivity index (χ3v) is 4.02. The molecule has 0 saturated heterocycles. The summed E-state index contributed by atoms with van der Waals surface area (Å²) >= 11 is 1.49. The van der Waals surface area contributed by atoms with Crippen molar-refractivity contribution in [2.45, 2.75) is 51.8 Å². The lowest BCUT2D eigenvalue weighted by atomic mass is 10.00. The molecule has 0 radical (unpaired) electrons. The number of aliphatic hydroxyl groups is 1. The molecule has 0 aromatic carbocycles. The molecule has 0 spiro atoms. The summed E-state index contributed by atoms with van der Waals surface area (Å²) in [4.78, 5) is 12.1. The minimum Gasteiger partial charge on any atom is -0.480 e. The smallest absolute Gasteiger partial charge is 0.320 e. The van der Waals surface area contributed by atoms with Crippen LogP contribution in [0.5, 0.6) is 0 Å². The summed E-state index contributed by atoms with van der Waals surface area (Å²) in [5.41, 5.74) is 0. The van der Waals surface area contributed by atoms with Gasteiger partial charge >= 0.3 is 5.97 Å². The molecule has 0 aliphatic carbocycles. The number of carbonyl (C=O) groups is 1. The molecule has 5 heteroatoms. The molecule has 0 bridgehead atoms. The van der Waals surface area contributed by atoms with Gasteiger partial charge in [0.05, 0.1) is 0 Å². The number of thiophene rings is 1. The second kappa shape index (κ2) is 7.62. The molecule has 1 rings (SSSR count). The van der Waals surface area contributed by atoms with Crippen LogP contribution in [0, 0.1) is 5.92 Å². The standard InChI is InChI=1S/C14H23NO3S/c1-4-10(13(16)12-6-5-7-19-12)15-11(14(17)18)8-9(2)3/h5-7,9-11,13,15-16H,4,8H2,1-3H3,(H,17,18). The summed E-state index contributed by atoms with van der Waals surface area (Å²) in [6, 6.07) is 2.91. The van der Waals surface area contributed by atoms with Crippen molar-refractivity contribution in [2.24, 2.45) is 5.92 Å². The van der Waals surface area contributed by atoms with Crippen molar-refractivity contribution in [3.63, 3.8) is 0 Å². The van der Waals surface area contributed by atoms with Crippen molar-refractivity contribution < 1.29 is 15.0 Å². The number of hydrogen-bond donors (Lipinski definition) is 3. The predicted octanol–water partition coefficient (Wildman–Crippen LogP) is 2.65. The summed E-state index contributed by atoms with van der Waals surface area (Å²) < 4.78 is 0. The van der Waals surface area contributed by atoms with E-state index in [-0.39, 0.29) is 6.04 Å². The van der Waals surface area contributed by atoms with Gasteiger partial charge in [0, 0.05) is 10.9 Å². The molecule has 3 N–H and O–H groups in total. The molecule has 0 amide bonds. The van der Waals surface area contributed by atoms with Crippen LogP contribution in [0.1, 0.15) is 44.6 Å². The Hall–Kier alpha value is -0.910. The van der Waals surface area contributed by atoms with Crippen LogP contribution in [0.25, 0.3) is 0 Å². The number of nitrogens with one attached hydrogen (secondary N) is 1. The third kappa shape index (κ3) is 4.93. The number of rotatable bonds is 8. The summed E-state index contributed by atoms with van der Waals surface area (Å²) in [7, 11) is 0. The van der Waals surface area contributed by atoms with E-state index in [4.69, 9.17) is 0 Å². The highest BCUT2D eigenvalue weighted by molar-refractivity contribution is 7.10. The number of aliphatic carboxylic acids is 1. The highest BCUT2D eigenvalue weighted by atomic mass is 32.1. The topological polar surface area (TPSA) is 69.6 Å². The monoisotopic (exact) mass is 285 g/mol. The second-order valence-corrected chi connectivity index (χ2v) is 6.14. The van der Waals surface area contributed by atoms with Gasteiger partial charge in [0.15, 0.2) is 0 Å². The number of aliphatic hydroxyl groups excluding tert-OH is 1. The molecule has 0 saturated carbocycles. The molecule has 3 unspecified atom stereocenters. The fourth-order valence-corrected chi connectivity index (χ4v) is 2.84. The Bertz CT molecular complexity index is 378. The van der Waals surface area contributed by atoms with Crippen molar-refractivity contribution in [1.29, 1.82) is 0 Å². The minimum atomic E-state index is -0.856. The molecule has 1 aromatic rings. The average Bonchev–Trinajstić information content (AvgIpc) is 2.86. The van der Waals surface area contributed by atoms with Gasteiger partial charge in [-0.05, 0) is 30.2 Å². The van der Waals surface area contributed by atoms with Crippen LogP contribution >= 0.6 is 11.3 Å². The molecule has 0 fully saturated rings. The fourth-order valence-electron chi connectivity index (χ4n) is 2.06. The first-order chi connectivity index (χ1) is 8.95. The quantitative estimate of drug-likeness (QED) is 0.687. The van der Waals surface area contributed by atoms with Crippen molar-refractivity contribution >= 4 is 17.3 Å². The van der Waals surface area contributed by atoms with Gasteiger partial charge in [0.2, 0.25) is 0 Å². The first kappa shape index (κ1) is 16.1. The third-order valence-electron chi connectivity index (χ3n) is 3.08. The van der Waals surface area contributed by atoms with Crippen LogP contribution in [-0.4, -0.2) is 28.3 Å². The maximum atomic E-state index is 11.3. The van der Waals surface area contributed by atoms with Crippen molar-refractivity contribution in [3.05, 3.63) is 22.4 Å². The van der Waals surface area contributed by atoms with Crippen LogP contribution in [0.2, 0.25) is 0 Å². The largest absolute Gasteiger partial charge is 0.480 e. The van der Waals surface area contributed by atoms with Crippen LogP contribution in [0.4, 0.5) is 0 Å². The van der Waals surface area contributed by atoms with Gasteiger partial charge in [-0.25, -0.2) is 0 Å². The summed E-state index contributed by atoms with van der Waals surface area (Å²) in [6.45, 7) is 5.94. The Morgan fingerprint density at radius 3 is 2.58 bits per heavy atom. The molecular formula is C14H23NO3S. The van der Waals surface area contributed by atoms with Crippen molar-refractivity contribution in [3.8, 4) is 0 Å². The Kier molecular flexibility index (Phi) is 6.48. The lowest BCUT2D eigenvalue weighted by Gasteiger charge is -2.26. The van der Waals surface area contributed by atoms with Crippen molar-refractivity contribution in [1.82, 2.24) is 5.32 Å². The molecule has 4 nitrogen and oxygen atoms in total. The highest BCUT2D eigenvalue weighted by Crippen LogP contribution is 2.24. The molecule has 0 aliphatic heterocycles. The lowest BCUT2D eigenvalue weighted by Crippen LogP contribution is -2.46. The number of hydrogen-bond acceptors (Lipinski definition) is 4. The first-order valence-electron chi connectivity index (χ1n) is 6.66. The van der Waals surface area contributed by atoms with Gasteiger partial charge < -0.3 is 10.2 Å². The highest BCUT2D eigenvalue weighted by Gasteiger charge is 2.26. The lowest BCUT2D eigenvalue weighted by molar-refractivity contribution is -0.140. The predicted molar refractivity (Wildman–Crippen MR) is 77.4 cm³/mol. The normalized spacial score (nSPS) is 16.3. The number of carboxylic acids is 1. The molecular weight excluding hydrogens is 262 g/mol. The average molecular weight is 285 g/mol. The van der Waals surface area contributed by atoms with Gasteiger partial charge in [0.1, 0.15) is 12.1 Å². The Labute approximate surface area is 118 Å². The zero-order chi connectivity index (χ0) is 14.4. The first-order valence-corrected chi connectivity index (χ1v) is 7.54. The maximum Gasteiger partial charge on any atom is 0.320 e. The van der Waals surface area contributed by atoms with Crippen LogP contribution < -0.4 is 5.32 Å². The van der Waals surface area contributed by atoms with E-state index in [0.29, 0.717) is 18.8 Å². The van der Waals surface area contributed by atoms with E-state index in [1.807, 2.05) is 38.3 Å². The van der Waals surface area contributed by atoms with Crippen LogP contribution in [0.3, 0.4) is 0 Å². The zero-order valence-corrected chi connectivity index (χ0v) is 12.5. The molecule has 19 heavy (non-hydrogen) atoms. The van der Waals surface area contributed by atoms with Gasteiger partial charge in [-0.15, -0.1) is 11.3 Å². The van der Waals surface area contributed by atoms with Crippen molar-refractivity contribution in [2.75, 3.05) is 0 Å². The molecule has 1 heterocycles. The van der Waals surface area contributed by atoms with E-state index >= 15 is 0 Å². The van der Waals surface area contributed by atoms with Gasteiger partial charge in [-0.3, -0.25) is 10.1 Å². The molecule has 0 aliphatic rings. The SMILES string of the molecule is CCC(NC(CC(C)C)C(=O)O)C(O)c1cccs1. The fraction of sp³-hybridized carbons (Fsp3) is 0.643. The van der Waals surface area contributed by atoms with Gasteiger partial charge in [0.25, 0.3) is 0 Å². The van der Waals surface area contributed by atoms with E-state index < -0.39 is 18.1 Å². The van der Waals surface area contributed by atoms with Crippen LogP contribution in [0.15, 0.2) is 17.5 Å².